The number of carbonyl (C=O) groups is 3. The van der Waals surface area contributed by atoms with E-state index in [4.69, 9.17) is 4.74 Å². The minimum atomic E-state index is -1.07. The standard InChI is InChI=1S/C21H33N3O5S/c1-6-7-12-22-18(26)17(14-10-8-9-11-16(14)25)24(5)19(27)15(13-30)23-20(28)29-21(2,3)4/h8-11,15,17,25,30H,6-7,12-13H2,1-5H3,(H,22,26)(H,23,28). The minimum absolute atomic E-state index is 0.00730. The lowest BCUT2D eigenvalue weighted by Gasteiger charge is -2.31. The van der Waals surface area contributed by atoms with Crippen molar-refractivity contribution >= 4 is 30.5 Å². The predicted molar refractivity (Wildman–Crippen MR) is 119 cm³/mol. The molecule has 0 saturated carbocycles. The first kappa shape index (κ1) is 25.6. The van der Waals surface area contributed by atoms with Crippen LogP contribution in [-0.4, -0.2) is 58.9 Å². The molecule has 1 aromatic rings. The molecule has 0 bridgehead atoms. The molecule has 0 heterocycles. The van der Waals surface area contributed by atoms with E-state index >= 15 is 0 Å². The number of aromatic hydroxyl groups is 1. The van der Waals surface area contributed by atoms with Crippen LogP contribution in [0.15, 0.2) is 24.3 Å². The average Bonchev–Trinajstić information content (AvgIpc) is 2.66. The zero-order chi connectivity index (χ0) is 22.9. The van der Waals surface area contributed by atoms with E-state index in [0.717, 1.165) is 12.8 Å². The molecule has 1 rings (SSSR count). The van der Waals surface area contributed by atoms with Gasteiger partial charge in [-0.1, -0.05) is 31.5 Å². The number of para-hydroxylation sites is 1. The maximum absolute atomic E-state index is 13.1. The second-order valence-electron chi connectivity index (χ2n) is 7.94. The number of unbranched alkanes of at least 4 members (excludes halogenated alkanes) is 1. The molecule has 0 aliphatic heterocycles. The molecule has 0 radical (unpaired) electrons. The van der Waals surface area contributed by atoms with Crippen LogP contribution in [-0.2, 0) is 14.3 Å². The predicted octanol–water partition coefficient (Wildman–Crippen LogP) is 2.63. The molecule has 8 nitrogen and oxygen atoms in total. The van der Waals surface area contributed by atoms with E-state index in [9.17, 15) is 19.5 Å². The third-order valence-electron chi connectivity index (χ3n) is 4.22. The van der Waals surface area contributed by atoms with Gasteiger partial charge in [0.25, 0.3) is 0 Å². The smallest absolute Gasteiger partial charge is 0.408 e. The summed E-state index contributed by atoms with van der Waals surface area (Å²) in [7, 11) is 1.45. The SMILES string of the molecule is CCCCNC(=O)C(c1ccccc1O)N(C)C(=O)C(CS)NC(=O)OC(C)(C)C. The van der Waals surface area contributed by atoms with Crippen molar-refractivity contribution in [1.82, 2.24) is 15.5 Å². The molecular formula is C21H33N3O5S. The highest BCUT2D eigenvalue weighted by Crippen LogP contribution is 2.28. The van der Waals surface area contributed by atoms with E-state index in [2.05, 4.69) is 23.3 Å². The molecule has 2 unspecified atom stereocenters. The highest BCUT2D eigenvalue weighted by atomic mass is 32.1. The van der Waals surface area contributed by atoms with E-state index in [-0.39, 0.29) is 17.1 Å². The summed E-state index contributed by atoms with van der Waals surface area (Å²) in [4.78, 5) is 39.3. The van der Waals surface area contributed by atoms with Crippen LogP contribution in [0.1, 0.15) is 52.1 Å². The Morgan fingerprint density at radius 2 is 1.87 bits per heavy atom. The fraction of sp³-hybridized carbons (Fsp3) is 0.571. The van der Waals surface area contributed by atoms with E-state index in [1.807, 2.05) is 6.92 Å². The van der Waals surface area contributed by atoms with Gasteiger partial charge in [-0.25, -0.2) is 4.79 Å². The van der Waals surface area contributed by atoms with Gasteiger partial charge in [-0.3, -0.25) is 9.59 Å². The number of amides is 3. The number of thiol groups is 1. The van der Waals surface area contributed by atoms with Crippen molar-refractivity contribution in [2.24, 2.45) is 0 Å². The summed E-state index contributed by atoms with van der Waals surface area (Å²) in [5.74, 6) is -1.05. The van der Waals surface area contributed by atoms with Crippen LogP contribution in [0, 0.1) is 0 Å². The molecule has 1 aromatic carbocycles. The second kappa shape index (κ2) is 11.7. The zero-order valence-electron chi connectivity index (χ0n) is 18.3. The van der Waals surface area contributed by atoms with E-state index in [1.54, 1.807) is 39.0 Å². The molecule has 2 atom stereocenters. The Bertz CT molecular complexity index is 736. The molecule has 0 fully saturated rings. The molecule has 30 heavy (non-hydrogen) atoms. The fourth-order valence-electron chi connectivity index (χ4n) is 2.74. The number of benzene rings is 1. The summed E-state index contributed by atoms with van der Waals surface area (Å²) < 4.78 is 5.20. The Labute approximate surface area is 183 Å². The van der Waals surface area contributed by atoms with Crippen molar-refractivity contribution < 1.29 is 24.2 Å². The van der Waals surface area contributed by atoms with Crippen LogP contribution in [0.4, 0.5) is 4.79 Å². The molecular weight excluding hydrogens is 406 g/mol. The zero-order valence-corrected chi connectivity index (χ0v) is 19.2. The maximum atomic E-state index is 13.1. The van der Waals surface area contributed by atoms with Crippen LogP contribution in [0.2, 0.25) is 0 Å². The van der Waals surface area contributed by atoms with E-state index < -0.39 is 35.6 Å². The summed E-state index contributed by atoms with van der Waals surface area (Å²) in [6.45, 7) is 7.59. The van der Waals surface area contributed by atoms with E-state index in [0.29, 0.717) is 6.54 Å². The normalized spacial score (nSPS) is 13.1. The van der Waals surface area contributed by atoms with Gasteiger partial charge in [0.05, 0.1) is 0 Å². The van der Waals surface area contributed by atoms with E-state index in [1.165, 1.54) is 18.0 Å². The molecule has 0 aromatic heterocycles. The molecule has 168 valence electrons. The topological polar surface area (TPSA) is 108 Å². The third kappa shape index (κ3) is 7.78. The number of hydrogen-bond donors (Lipinski definition) is 4. The Hall–Kier alpha value is -2.42. The molecule has 0 aliphatic rings. The summed E-state index contributed by atoms with van der Waals surface area (Å²) in [6.07, 6.45) is 0.934. The Morgan fingerprint density at radius 3 is 2.40 bits per heavy atom. The van der Waals surface area contributed by atoms with Crippen LogP contribution < -0.4 is 10.6 Å². The number of nitrogens with one attached hydrogen (secondary N) is 2. The lowest BCUT2D eigenvalue weighted by Crippen LogP contribution is -2.52. The number of alkyl carbamates (subject to hydrolysis) is 1. The molecule has 9 heteroatoms. The van der Waals surface area contributed by atoms with Crippen LogP contribution >= 0.6 is 12.6 Å². The number of rotatable bonds is 9. The van der Waals surface area contributed by atoms with Gasteiger partial charge in [0.2, 0.25) is 11.8 Å². The monoisotopic (exact) mass is 439 g/mol. The van der Waals surface area contributed by atoms with Gasteiger partial charge in [0.15, 0.2) is 0 Å². The van der Waals surface area contributed by atoms with Crippen molar-refractivity contribution in [3.8, 4) is 5.75 Å². The molecule has 3 N–H and O–H groups in total. The highest BCUT2D eigenvalue weighted by Gasteiger charge is 2.34. The highest BCUT2D eigenvalue weighted by molar-refractivity contribution is 7.80. The number of carbonyl (C=O) groups excluding carboxylic acids is 3. The quantitative estimate of drug-likeness (QED) is 0.349. The van der Waals surface area contributed by atoms with Crippen molar-refractivity contribution in [3.63, 3.8) is 0 Å². The van der Waals surface area contributed by atoms with Crippen molar-refractivity contribution in [1.29, 1.82) is 0 Å². The summed E-state index contributed by atoms with van der Waals surface area (Å²) in [5, 5.41) is 15.6. The van der Waals surface area contributed by atoms with Crippen LogP contribution in [0.3, 0.4) is 0 Å². The molecule has 0 spiro atoms. The van der Waals surface area contributed by atoms with Gasteiger partial charge in [-0.05, 0) is 33.3 Å². The summed E-state index contributed by atoms with van der Waals surface area (Å²) in [6, 6.07) is 4.26. The number of phenolic OH excluding ortho intramolecular Hbond substituents is 1. The first-order valence-electron chi connectivity index (χ1n) is 9.94. The van der Waals surface area contributed by atoms with Gasteiger partial charge >= 0.3 is 6.09 Å². The second-order valence-corrected chi connectivity index (χ2v) is 8.30. The largest absolute Gasteiger partial charge is 0.508 e. The van der Waals surface area contributed by atoms with Crippen LogP contribution in [0.25, 0.3) is 0 Å². The first-order valence-corrected chi connectivity index (χ1v) is 10.6. The molecule has 3 amide bonds. The molecule has 0 saturated heterocycles. The van der Waals surface area contributed by atoms with Gasteiger partial charge in [0.1, 0.15) is 23.4 Å². The van der Waals surface area contributed by atoms with Gasteiger partial charge < -0.3 is 25.4 Å². The lowest BCUT2D eigenvalue weighted by molar-refractivity contribution is -0.140. The Kier molecular flexibility index (Phi) is 9.98. The number of likely N-dealkylation sites (N-methyl/N-ethyl adjacent to an activating group) is 1. The van der Waals surface area contributed by atoms with Gasteiger partial charge in [-0.15, -0.1) is 0 Å². The number of phenols is 1. The average molecular weight is 440 g/mol. The lowest BCUT2D eigenvalue weighted by atomic mass is 10.0. The van der Waals surface area contributed by atoms with Crippen molar-refractivity contribution in [2.45, 2.75) is 58.2 Å². The summed E-state index contributed by atoms with van der Waals surface area (Å²) in [5.41, 5.74) is -0.435. The third-order valence-corrected chi connectivity index (χ3v) is 4.58. The van der Waals surface area contributed by atoms with Crippen LogP contribution in [0.5, 0.6) is 5.75 Å². The van der Waals surface area contributed by atoms with Gasteiger partial charge in [-0.2, -0.15) is 12.6 Å². The molecule has 0 aliphatic carbocycles. The number of nitrogens with zero attached hydrogens (tertiary/aromatic N) is 1. The Morgan fingerprint density at radius 1 is 1.23 bits per heavy atom. The fourth-order valence-corrected chi connectivity index (χ4v) is 2.99. The van der Waals surface area contributed by atoms with Crippen molar-refractivity contribution in [3.05, 3.63) is 29.8 Å². The summed E-state index contributed by atoms with van der Waals surface area (Å²) >= 11 is 4.16. The Balaban J connectivity index is 3.10. The minimum Gasteiger partial charge on any atom is -0.508 e. The first-order chi connectivity index (χ1) is 14.0. The van der Waals surface area contributed by atoms with Gasteiger partial charge in [0, 0.05) is 24.9 Å². The van der Waals surface area contributed by atoms with Crippen molar-refractivity contribution in [2.75, 3.05) is 19.3 Å². The maximum Gasteiger partial charge on any atom is 0.408 e. The number of ether oxygens (including phenoxy) is 1. The number of hydrogen-bond acceptors (Lipinski definition) is 6.